The molecule has 2 rings (SSSR count). The molecule has 1 saturated carbocycles. The van der Waals surface area contributed by atoms with Gasteiger partial charge in [-0.3, -0.25) is 14.3 Å². The van der Waals surface area contributed by atoms with E-state index in [4.69, 9.17) is 5.11 Å². The molecule has 1 amide bonds. The summed E-state index contributed by atoms with van der Waals surface area (Å²) in [5.74, 6) is -1.08. The van der Waals surface area contributed by atoms with Gasteiger partial charge in [0.05, 0.1) is 11.3 Å². The third-order valence-electron chi connectivity index (χ3n) is 3.81. The molecule has 1 aliphatic carbocycles. The number of hydrogen-bond acceptors (Lipinski definition) is 3. The van der Waals surface area contributed by atoms with Gasteiger partial charge in [0.15, 0.2) is 0 Å². The molecular weight excluding hydrogens is 258 g/mol. The number of carbonyl (C=O) groups is 2. The average Bonchev–Trinajstić information content (AvgIpc) is 2.81. The Balaban J connectivity index is 2.18. The summed E-state index contributed by atoms with van der Waals surface area (Å²) in [7, 11) is 1.78. The fourth-order valence-electron chi connectivity index (χ4n) is 2.69. The molecule has 6 heteroatoms. The molecule has 2 N–H and O–H groups in total. The predicted octanol–water partition coefficient (Wildman–Crippen LogP) is 1.67. The zero-order valence-corrected chi connectivity index (χ0v) is 11.9. The van der Waals surface area contributed by atoms with Crippen molar-refractivity contribution in [2.24, 2.45) is 7.05 Å². The van der Waals surface area contributed by atoms with E-state index in [1.54, 1.807) is 17.9 Å². The van der Waals surface area contributed by atoms with Gasteiger partial charge in [-0.25, -0.2) is 0 Å². The highest BCUT2D eigenvalue weighted by Crippen LogP contribution is 2.33. The van der Waals surface area contributed by atoms with E-state index in [1.165, 1.54) is 13.3 Å². The van der Waals surface area contributed by atoms with E-state index >= 15 is 0 Å². The van der Waals surface area contributed by atoms with Gasteiger partial charge >= 0.3 is 5.97 Å². The van der Waals surface area contributed by atoms with Crippen LogP contribution in [0.15, 0.2) is 6.20 Å². The fraction of sp³-hybridized carbons (Fsp3) is 0.643. The van der Waals surface area contributed by atoms with Crippen molar-refractivity contribution in [2.75, 3.05) is 0 Å². The van der Waals surface area contributed by atoms with Crippen molar-refractivity contribution in [1.82, 2.24) is 15.1 Å². The van der Waals surface area contributed by atoms with Gasteiger partial charge in [0.25, 0.3) is 5.91 Å². The minimum absolute atomic E-state index is 0.311. The maximum absolute atomic E-state index is 12.2. The lowest BCUT2D eigenvalue weighted by atomic mass is 9.85. The number of carboxylic acid groups (broad SMARTS) is 1. The van der Waals surface area contributed by atoms with E-state index in [1.807, 2.05) is 0 Å². The minimum Gasteiger partial charge on any atom is -0.480 e. The van der Waals surface area contributed by atoms with Crippen LogP contribution < -0.4 is 5.32 Å². The molecule has 0 saturated heterocycles. The number of amides is 1. The summed E-state index contributed by atoms with van der Waals surface area (Å²) in [4.78, 5) is 23.0. The van der Waals surface area contributed by atoms with Gasteiger partial charge in [-0.1, -0.05) is 19.3 Å². The van der Waals surface area contributed by atoms with Crippen molar-refractivity contribution in [1.29, 1.82) is 0 Å². The van der Waals surface area contributed by atoms with Crippen LogP contribution in [0.5, 0.6) is 0 Å². The summed E-state index contributed by atoms with van der Waals surface area (Å²) >= 11 is 0. The first-order chi connectivity index (χ1) is 9.49. The molecular formula is C14H21N3O3. The van der Waals surface area contributed by atoms with E-state index in [2.05, 4.69) is 10.4 Å². The number of aliphatic carboxylic acids is 1. The van der Waals surface area contributed by atoms with Crippen LogP contribution in [0.25, 0.3) is 0 Å². The van der Waals surface area contributed by atoms with Gasteiger partial charge in [-0.15, -0.1) is 0 Å². The summed E-state index contributed by atoms with van der Waals surface area (Å²) in [5, 5.41) is 15.8. The lowest BCUT2D eigenvalue weighted by Crippen LogP contribution is -2.38. The van der Waals surface area contributed by atoms with Gasteiger partial charge < -0.3 is 10.4 Å². The second kappa shape index (κ2) is 6.07. The van der Waals surface area contributed by atoms with Crippen molar-refractivity contribution in [2.45, 2.75) is 51.0 Å². The number of nitrogens with zero attached hydrogens (tertiary/aromatic N) is 2. The number of rotatable bonds is 4. The average molecular weight is 279 g/mol. The van der Waals surface area contributed by atoms with Crippen LogP contribution in [0.3, 0.4) is 0 Å². The van der Waals surface area contributed by atoms with Gasteiger partial charge in [0, 0.05) is 19.2 Å². The molecule has 20 heavy (non-hydrogen) atoms. The standard InChI is InChI=1S/C14H21N3O3/c1-9(14(19)20)15-13(18)11-8-17(2)16-12(11)10-6-4-3-5-7-10/h8-10H,3-7H2,1-2H3,(H,15,18)(H,19,20). The topological polar surface area (TPSA) is 84.2 Å². The lowest BCUT2D eigenvalue weighted by Gasteiger charge is -2.20. The fourth-order valence-corrected chi connectivity index (χ4v) is 2.69. The Morgan fingerprint density at radius 1 is 1.40 bits per heavy atom. The number of carbonyl (C=O) groups excluding carboxylic acids is 1. The molecule has 1 aliphatic rings. The molecule has 1 atom stereocenters. The van der Waals surface area contributed by atoms with Gasteiger partial charge in [0.1, 0.15) is 6.04 Å². The Hall–Kier alpha value is -1.85. The molecule has 0 aliphatic heterocycles. The molecule has 0 aromatic carbocycles. The first kappa shape index (κ1) is 14.6. The SMILES string of the molecule is CC(NC(=O)c1cn(C)nc1C1CCCCC1)C(=O)O. The van der Waals surface area contributed by atoms with Crippen molar-refractivity contribution < 1.29 is 14.7 Å². The van der Waals surface area contributed by atoms with Crippen LogP contribution in [0.1, 0.15) is 61.0 Å². The predicted molar refractivity (Wildman–Crippen MR) is 73.6 cm³/mol. The zero-order chi connectivity index (χ0) is 14.7. The van der Waals surface area contributed by atoms with Crippen LogP contribution in [-0.2, 0) is 11.8 Å². The normalized spacial score (nSPS) is 17.7. The van der Waals surface area contributed by atoms with E-state index in [0.717, 1.165) is 31.4 Å². The van der Waals surface area contributed by atoms with Gasteiger partial charge in [-0.05, 0) is 19.8 Å². The number of nitrogens with one attached hydrogen (secondary N) is 1. The monoisotopic (exact) mass is 279 g/mol. The summed E-state index contributed by atoms with van der Waals surface area (Å²) in [5.41, 5.74) is 1.31. The second-order valence-corrected chi connectivity index (χ2v) is 5.47. The Labute approximate surface area is 118 Å². The van der Waals surface area contributed by atoms with Crippen LogP contribution in [-0.4, -0.2) is 32.8 Å². The zero-order valence-electron chi connectivity index (χ0n) is 11.9. The summed E-state index contributed by atoms with van der Waals surface area (Å²) in [6.07, 6.45) is 7.33. The lowest BCUT2D eigenvalue weighted by molar-refractivity contribution is -0.138. The van der Waals surface area contributed by atoms with E-state index in [-0.39, 0.29) is 5.91 Å². The van der Waals surface area contributed by atoms with Crippen LogP contribution >= 0.6 is 0 Å². The Morgan fingerprint density at radius 3 is 2.65 bits per heavy atom. The van der Waals surface area contributed by atoms with Crippen LogP contribution in [0.4, 0.5) is 0 Å². The molecule has 1 aromatic heterocycles. The molecule has 1 unspecified atom stereocenters. The van der Waals surface area contributed by atoms with E-state index < -0.39 is 12.0 Å². The van der Waals surface area contributed by atoms with Crippen molar-refractivity contribution in [3.05, 3.63) is 17.5 Å². The molecule has 1 aromatic rings. The molecule has 1 fully saturated rings. The summed E-state index contributed by atoms with van der Waals surface area (Å²) in [6.45, 7) is 1.46. The van der Waals surface area contributed by atoms with Crippen molar-refractivity contribution in [3.63, 3.8) is 0 Å². The van der Waals surface area contributed by atoms with Gasteiger partial charge in [0.2, 0.25) is 0 Å². The number of aryl methyl sites for hydroxylation is 1. The maximum Gasteiger partial charge on any atom is 0.325 e. The molecule has 0 bridgehead atoms. The summed E-state index contributed by atoms with van der Waals surface area (Å²) < 4.78 is 1.63. The number of aromatic nitrogens is 2. The van der Waals surface area contributed by atoms with Crippen LogP contribution in [0, 0.1) is 0 Å². The first-order valence-electron chi connectivity index (χ1n) is 7.06. The highest BCUT2D eigenvalue weighted by molar-refractivity contribution is 5.97. The summed E-state index contributed by atoms with van der Waals surface area (Å²) in [6, 6.07) is -0.901. The Bertz CT molecular complexity index is 504. The second-order valence-electron chi connectivity index (χ2n) is 5.47. The van der Waals surface area contributed by atoms with Crippen molar-refractivity contribution >= 4 is 11.9 Å². The first-order valence-corrected chi connectivity index (χ1v) is 7.06. The molecule has 110 valence electrons. The minimum atomic E-state index is -1.04. The Morgan fingerprint density at radius 2 is 2.05 bits per heavy atom. The quantitative estimate of drug-likeness (QED) is 0.878. The molecule has 1 heterocycles. The Kier molecular flexibility index (Phi) is 4.42. The third-order valence-corrected chi connectivity index (χ3v) is 3.81. The third kappa shape index (κ3) is 3.18. The molecule has 0 radical (unpaired) electrons. The highest BCUT2D eigenvalue weighted by atomic mass is 16.4. The smallest absolute Gasteiger partial charge is 0.325 e. The number of hydrogen-bond donors (Lipinski definition) is 2. The van der Waals surface area contributed by atoms with Gasteiger partial charge in [-0.2, -0.15) is 5.10 Å². The van der Waals surface area contributed by atoms with Crippen LogP contribution in [0.2, 0.25) is 0 Å². The van der Waals surface area contributed by atoms with Crippen molar-refractivity contribution in [3.8, 4) is 0 Å². The molecule has 6 nitrogen and oxygen atoms in total. The maximum atomic E-state index is 12.2. The largest absolute Gasteiger partial charge is 0.480 e. The van der Waals surface area contributed by atoms with E-state index in [9.17, 15) is 9.59 Å². The molecule has 0 spiro atoms. The highest BCUT2D eigenvalue weighted by Gasteiger charge is 2.26. The van der Waals surface area contributed by atoms with E-state index in [0.29, 0.717) is 11.5 Å². The number of carboxylic acids is 1.